The molecule has 0 saturated carbocycles. The number of nitrogens with zero attached hydrogens (tertiary/aromatic N) is 5. The van der Waals surface area contributed by atoms with Gasteiger partial charge in [-0.05, 0) is 61.9 Å². The molecule has 3 heterocycles. The Bertz CT molecular complexity index is 1310. The number of aromatic nitrogens is 2. The van der Waals surface area contributed by atoms with Crippen LogP contribution in [0.5, 0.6) is 5.75 Å². The molecule has 2 saturated heterocycles. The average Bonchev–Trinajstić information content (AvgIpc) is 3.51. The first-order valence-corrected chi connectivity index (χ1v) is 13.9. The Kier molecular flexibility index (Phi) is 9.50. The highest BCUT2D eigenvalue weighted by atomic mass is 35.5. The van der Waals surface area contributed by atoms with Gasteiger partial charge >= 0.3 is 6.09 Å². The third-order valence-corrected chi connectivity index (χ3v) is 7.34. The van der Waals surface area contributed by atoms with E-state index in [1.54, 1.807) is 24.3 Å². The van der Waals surface area contributed by atoms with Gasteiger partial charge in [0.1, 0.15) is 17.4 Å². The Morgan fingerprint density at radius 3 is 2.59 bits per heavy atom. The monoisotopic (exact) mass is 580 g/mol. The first-order chi connectivity index (χ1) is 20.0. The fraction of sp³-hybridized carbons (Fsp3) is 0.379. The fourth-order valence-electron chi connectivity index (χ4n) is 4.74. The van der Waals surface area contributed by atoms with Gasteiger partial charge in [0.05, 0.1) is 18.8 Å². The lowest BCUT2D eigenvalue weighted by atomic mass is 10.2. The Hall–Kier alpha value is -3.93. The minimum absolute atomic E-state index is 0.00961. The molecule has 216 valence electrons. The van der Waals surface area contributed by atoms with Crippen LogP contribution in [-0.2, 0) is 20.9 Å². The second kappa shape index (κ2) is 13.6. The van der Waals surface area contributed by atoms with Crippen LogP contribution >= 0.6 is 11.6 Å². The summed E-state index contributed by atoms with van der Waals surface area (Å²) in [5, 5.41) is 3.43. The first-order valence-electron chi connectivity index (χ1n) is 13.6. The van der Waals surface area contributed by atoms with Crippen LogP contribution in [0.15, 0.2) is 54.7 Å². The van der Waals surface area contributed by atoms with Crippen LogP contribution < -0.4 is 19.9 Å². The lowest BCUT2D eigenvalue weighted by Crippen LogP contribution is -2.44. The number of anilines is 4. The molecule has 0 radical (unpaired) electrons. The number of amides is 1. The highest BCUT2D eigenvalue weighted by molar-refractivity contribution is 6.33. The van der Waals surface area contributed by atoms with E-state index in [0.29, 0.717) is 24.8 Å². The average molecular weight is 581 g/mol. The Morgan fingerprint density at radius 1 is 1.15 bits per heavy atom. The third-order valence-electron chi connectivity index (χ3n) is 7.07. The lowest BCUT2D eigenvalue weighted by Gasteiger charge is -2.34. The summed E-state index contributed by atoms with van der Waals surface area (Å²) in [6.45, 7) is 5.29. The molecular formula is C29H33ClN6O5. The van der Waals surface area contributed by atoms with Crippen molar-refractivity contribution in [1.82, 2.24) is 14.9 Å². The molecule has 11 nitrogen and oxygen atoms in total. The van der Waals surface area contributed by atoms with Gasteiger partial charge in [0.25, 0.3) is 6.47 Å². The number of likely N-dealkylation sites (N-methyl/N-ethyl adjacent to an activating group) is 1. The zero-order valence-corrected chi connectivity index (χ0v) is 23.6. The predicted octanol–water partition coefficient (Wildman–Crippen LogP) is 4.48. The second-order valence-electron chi connectivity index (χ2n) is 9.99. The van der Waals surface area contributed by atoms with Crippen LogP contribution in [0.25, 0.3) is 0 Å². The molecule has 41 heavy (non-hydrogen) atoms. The molecule has 1 N–H and O–H groups in total. The predicted molar refractivity (Wildman–Crippen MR) is 156 cm³/mol. The zero-order valence-electron chi connectivity index (χ0n) is 22.9. The minimum atomic E-state index is -0.614. The fourth-order valence-corrected chi connectivity index (χ4v) is 4.93. The number of carbonyl (C=O) groups excluding carboxylic acids is 2. The Labute approximate surface area is 244 Å². The van der Waals surface area contributed by atoms with Gasteiger partial charge in [0.2, 0.25) is 5.95 Å². The van der Waals surface area contributed by atoms with Crippen molar-refractivity contribution in [2.45, 2.75) is 25.6 Å². The summed E-state index contributed by atoms with van der Waals surface area (Å²) in [6.07, 6.45) is 2.42. The van der Waals surface area contributed by atoms with Crippen LogP contribution in [0.1, 0.15) is 18.4 Å². The van der Waals surface area contributed by atoms with Crippen molar-refractivity contribution < 1.29 is 23.8 Å². The van der Waals surface area contributed by atoms with Crippen LogP contribution in [0.3, 0.4) is 0 Å². The number of carbonyl (C=O) groups is 2. The number of nitrogens with one attached hydrogen (secondary N) is 1. The SMILES string of the molecule is CN1CCN(c2ccc(Nc3ncc(Cl)c(N(C[C@H]4CCCO4)C(=O)OCc4ccc(OC=O)cc4)n3)cc2)CC1. The topological polar surface area (TPSA) is 109 Å². The number of rotatable bonds is 10. The molecule has 5 rings (SSSR count). The molecule has 3 aromatic rings. The van der Waals surface area contributed by atoms with Crippen LogP contribution in [0.2, 0.25) is 5.02 Å². The van der Waals surface area contributed by atoms with Crippen LogP contribution in [0, 0.1) is 0 Å². The third kappa shape index (κ3) is 7.63. The summed E-state index contributed by atoms with van der Waals surface area (Å²) in [5.74, 6) is 0.929. The summed E-state index contributed by atoms with van der Waals surface area (Å²) in [7, 11) is 2.14. The van der Waals surface area contributed by atoms with Gasteiger partial charge in [-0.2, -0.15) is 4.98 Å². The van der Waals surface area contributed by atoms with E-state index in [9.17, 15) is 9.59 Å². The largest absolute Gasteiger partial charge is 0.444 e. The van der Waals surface area contributed by atoms with E-state index in [2.05, 4.69) is 44.3 Å². The van der Waals surface area contributed by atoms with Crippen molar-refractivity contribution in [1.29, 1.82) is 0 Å². The van der Waals surface area contributed by atoms with E-state index >= 15 is 0 Å². The molecule has 1 aromatic heterocycles. The van der Waals surface area contributed by atoms with E-state index < -0.39 is 6.09 Å². The lowest BCUT2D eigenvalue weighted by molar-refractivity contribution is -0.120. The summed E-state index contributed by atoms with van der Waals surface area (Å²) in [4.78, 5) is 38.9. The molecule has 2 fully saturated rings. The van der Waals surface area contributed by atoms with E-state index in [-0.39, 0.29) is 30.1 Å². The molecule has 0 spiro atoms. The number of ether oxygens (including phenoxy) is 3. The molecule has 2 aliphatic rings. The molecule has 0 bridgehead atoms. The Morgan fingerprint density at radius 2 is 1.90 bits per heavy atom. The second-order valence-corrected chi connectivity index (χ2v) is 10.4. The highest BCUT2D eigenvalue weighted by Crippen LogP contribution is 2.28. The van der Waals surface area contributed by atoms with Gasteiger partial charge in [0, 0.05) is 44.2 Å². The van der Waals surface area contributed by atoms with Crippen LogP contribution in [0.4, 0.5) is 27.9 Å². The van der Waals surface area contributed by atoms with E-state index in [1.807, 2.05) is 12.1 Å². The van der Waals surface area contributed by atoms with E-state index in [0.717, 1.165) is 56.0 Å². The molecule has 1 amide bonds. The molecule has 2 aliphatic heterocycles. The molecule has 1 atom stereocenters. The number of piperazine rings is 1. The quantitative estimate of drug-likeness (QED) is 0.345. The van der Waals surface area contributed by atoms with Crippen molar-refractivity contribution in [3.63, 3.8) is 0 Å². The first kappa shape index (κ1) is 28.6. The summed E-state index contributed by atoms with van der Waals surface area (Å²) >= 11 is 6.51. The standard InChI is InChI=1S/C29H33ClN6O5/c1-34-12-14-35(15-13-34)23-8-6-22(7-9-23)32-28-31-17-26(30)27(33-28)36(18-25-3-2-16-39-25)29(38)40-19-21-4-10-24(11-5-21)41-20-37/h4-11,17,20,25H,2-3,12-16,18-19H2,1H3,(H,31,32,33)/t25-/m1/s1. The van der Waals surface area contributed by atoms with Gasteiger partial charge in [-0.3, -0.25) is 9.69 Å². The van der Waals surface area contributed by atoms with E-state index in [1.165, 1.54) is 11.1 Å². The number of hydrogen-bond acceptors (Lipinski definition) is 10. The summed E-state index contributed by atoms with van der Waals surface area (Å²) in [5.41, 5.74) is 2.70. The van der Waals surface area contributed by atoms with Crippen molar-refractivity contribution in [3.8, 4) is 5.75 Å². The number of hydrogen-bond donors (Lipinski definition) is 1. The Balaban J connectivity index is 1.29. The summed E-state index contributed by atoms with van der Waals surface area (Å²) < 4.78 is 16.2. The van der Waals surface area contributed by atoms with Gasteiger partial charge in [0.15, 0.2) is 5.82 Å². The minimum Gasteiger partial charge on any atom is -0.444 e. The molecule has 12 heteroatoms. The number of benzene rings is 2. The molecular weight excluding hydrogens is 548 g/mol. The van der Waals surface area contributed by atoms with Crippen molar-refractivity contribution in [2.24, 2.45) is 0 Å². The maximum atomic E-state index is 13.3. The van der Waals surface area contributed by atoms with Gasteiger partial charge in [-0.25, -0.2) is 9.78 Å². The maximum Gasteiger partial charge on any atom is 0.415 e. The van der Waals surface area contributed by atoms with E-state index in [4.69, 9.17) is 25.8 Å². The van der Waals surface area contributed by atoms with Crippen molar-refractivity contribution in [2.75, 3.05) is 61.5 Å². The van der Waals surface area contributed by atoms with Gasteiger partial charge in [-0.15, -0.1) is 0 Å². The highest BCUT2D eigenvalue weighted by Gasteiger charge is 2.28. The molecule has 0 aliphatic carbocycles. The summed E-state index contributed by atoms with van der Waals surface area (Å²) in [6, 6.07) is 14.8. The molecule has 0 unspecified atom stereocenters. The van der Waals surface area contributed by atoms with Crippen molar-refractivity contribution in [3.05, 3.63) is 65.3 Å². The number of halogens is 1. The van der Waals surface area contributed by atoms with Gasteiger partial charge < -0.3 is 29.3 Å². The smallest absolute Gasteiger partial charge is 0.415 e. The maximum absolute atomic E-state index is 13.3. The van der Waals surface area contributed by atoms with Crippen LogP contribution in [-0.4, -0.2) is 79.9 Å². The van der Waals surface area contributed by atoms with Crippen molar-refractivity contribution >= 4 is 47.3 Å². The zero-order chi connectivity index (χ0) is 28.6. The normalized spacial score (nSPS) is 17.2. The van der Waals surface area contributed by atoms with Gasteiger partial charge in [-0.1, -0.05) is 23.7 Å². The molecule has 2 aromatic carbocycles.